The van der Waals surface area contributed by atoms with Crippen LogP contribution in [0.1, 0.15) is 28.2 Å². The number of Topliss-reactive ketones (excluding diaryl/α,β-unsaturated/α-hetero) is 1. The molecule has 2 aromatic carbocycles. The Bertz CT molecular complexity index is 1130. The largest absolute Gasteiger partial charge is 0.371 e. The van der Waals surface area contributed by atoms with Crippen molar-refractivity contribution in [2.24, 2.45) is 0 Å². The summed E-state index contributed by atoms with van der Waals surface area (Å²) in [5.41, 5.74) is 2.14. The van der Waals surface area contributed by atoms with Crippen LogP contribution in [0, 0.1) is 0 Å². The predicted molar refractivity (Wildman–Crippen MR) is 116 cm³/mol. The molecule has 0 unspecified atom stereocenters. The number of nitrogens with zero attached hydrogens (tertiary/aromatic N) is 3. The fourth-order valence-corrected chi connectivity index (χ4v) is 5.47. The quantitative estimate of drug-likeness (QED) is 0.560. The van der Waals surface area contributed by atoms with E-state index in [1.165, 1.54) is 35.8 Å². The number of sulfonamides is 1. The van der Waals surface area contributed by atoms with Gasteiger partial charge in [-0.3, -0.25) is 4.79 Å². The van der Waals surface area contributed by atoms with Crippen molar-refractivity contribution in [1.29, 1.82) is 0 Å². The zero-order valence-electron chi connectivity index (χ0n) is 16.5. The zero-order chi connectivity index (χ0) is 20.6. The maximum atomic E-state index is 13.2. The van der Waals surface area contributed by atoms with Gasteiger partial charge < -0.3 is 4.90 Å². The van der Waals surface area contributed by atoms with Gasteiger partial charge in [0.25, 0.3) is 0 Å². The molecular weight excluding hydrogens is 406 g/mol. The van der Waals surface area contributed by atoms with Gasteiger partial charge in [0, 0.05) is 38.4 Å². The van der Waals surface area contributed by atoms with Crippen LogP contribution in [0.4, 0.5) is 5.69 Å². The molecule has 3 aromatic rings. The van der Waals surface area contributed by atoms with Crippen LogP contribution in [0.15, 0.2) is 47.4 Å². The molecule has 1 fully saturated rings. The van der Waals surface area contributed by atoms with Crippen LogP contribution in [-0.2, 0) is 16.4 Å². The summed E-state index contributed by atoms with van der Waals surface area (Å²) in [6, 6.07) is 12.7. The van der Waals surface area contributed by atoms with Crippen LogP contribution in [0.2, 0.25) is 0 Å². The summed E-state index contributed by atoms with van der Waals surface area (Å²) in [7, 11) is -0.632. The Kier molecular flexibility index (Phi) is 5.42. The summed E-state index contributed by atoms with van der Waals surface area (Å²) in [5, 5.41) is 0.740. The molecule has 0 saturated carbocycles. The number of rotatable bonds is 6. The first-order valence-electron chi connectivity index (χ1n) is 9.55. The lowest BCUT2D eigenvalue weighted by atomic mass is 10.1. The minimum atomic E-state index is -3.62. The molecule has 8 heteroatoms. The van der Waals surface area contributed by atoms with Crippen LogP contribution in [-0.4, -0.2) is 50.7 Å². The lowest BCUT2D eigenvalue weighted by Crippen LogP contribution is -2.24. The van der Waals surface area contributed by atoms with Crippen LogP contribution in [0.5, 0.6) is 0 Å². The molecule has 2 heterocycles. The highest BCUT2D eigenvalue weighted by Crippen LogP contribution is 2.30. The highest BCUT2D eigenvalue weighted by Gasteiger charge is 2.25. The Hall–Kier alpha value is -2.29. The van der Waals surface area contributed by atoms with Crippen molar-refractivity contribution in [3.63, 3.8) is 0 Å². The van der Waals surface area contributed by atoms with Crippen LogP contribution in [0.3, 0.4) is 0 Å². The van der Waals surface area contributed by atoms with Crippen LogP contribution < -0.4 is 4.90 Å². The molecule has 0 atom stereocenters. The molecule has 6 nitrogen and oxygen atoms in total. The van der Waals surface area contributed by atoms with Gasteiger partial charge >= 0.3 is 0 Å². The molecule has 4 rings (SSSR count). The van der Waals surface area contributed by atoms with Crippen molar-refractivity contribution in [3.8, 4) is 0 Å². The first-order chi connectivity index (χ1) is 13.9. The maximum Gasteiger partial charge on any atom is 0.242 e. The van der Waals surface area contributed by atoms with E-state index in [-0.39, 0.29) is 17.1 Å². The van der Waals surface area contributed by atoms with Crippen molar-refractivity contribution in [2.75, 3.05) is 32.1 Å². The third-order valence-corrected chi connectivity index (χ3v) is 7.99. The van der Waals surface area contributed by atoms with Gasteiger partial charge in [-0.2, -0.15) is 0 Å². The summed E-state index contributed by atoms with van der Waals surface area (Å²) in [4.78, 5) is 20.1. The molecule has 1 aliphatic heterocycles. The van der Waals surface area contributed by atoms with Gasteiger partial charge in [0.15, 0.2) is 5.78 Å². The minimum Gasteiger partial charge on any atom is -0.371 e. The number of carbonyl (C=O) groups is 1. The molecular formula is C21H23N3O3S2. The Balaban J connectivity index is 1.73. The summed E-state index contributed by atoms with van der Waals surface area (Å²) in [6.45, 7) is 1.75. The highest BCUT2D eigenvalue weighted by atomic mass is 32.2. The smallest absolute Gasteiger partial charge is 0.242 e. The number of benzene rings is 2. The van der Waals surface area contributed by atoms with Crippen molar-refractivity contribution < 1.29 is 13.2 Å². The summed E-state index contributed by atoms with van der Waals surface area (Å²) in [5.74, 6) is -0.109. The van der Waals surface area contributed by atoms with Crippen molar-refractivity contribution in [3.05, 3.63) is 53.0 Å². The number of hydrogen-bond donors (Lipinski definition) is 0. The van der Waals surface area contributed by atoms with Crippen molar-refractivity contribution in [1.82, 2.24) is 9.29 Å². The molecule has 0 N–H and O–H groups in total. The second-order valence-electron chi connectivity index (χ2n) is 7.34. The van der Waals surface area contributed by atoms with Gasteiger partial charge in [-0.25, -0.2) is 17.7 Å². The van der Waals surface area contributed by atoms with Gasteiger partial charge in [0.1, 0.15) is 5.01 Å². The third-order valence-electron chi connectivity index (χ3n) is 5.14. The molecule has 0 bridgehead atoms. The molecule has 152 valence electrons. The van der Waals surface area contributed by atoms with E-state index in [4.69, 9.17) is 0 Å². The molecule has 29 heavy (non-hydrogen) atoms. The van der Waals surface area contributed by atoms with E-state index in [1.807, 2.05) is 24.3 Å². The molecule has 1 saturated heterocycles. The van der Waals surface area contributed by atoms with Gasteiger partial charge in [-0.05, 0) is 43.2 Å². The maximum absolute atomic E-state index is 13.2. The van der Waals surface area contributed by atoms with Crippen LogP contribution in [0.25, 0.3) is 10.2 Å². The van der Waals surface area contributed by atoms with Crippen LogP contribution >= 0.6 is 11.3 Å². The lowest BCUT2D eigenvalue weighted by Gasteiger charge is -2.22. The highest BCUT2D eigenvalue weighted by molar-refractivity contribution is 7.89. The Morgan fingerprint density at radius 1 is 1.14 bits per heavy atom. The van der Waals surface area contributed by atoms with Gasteiger partial charge in [0.05, 0.1) is 21.5 Å². The summed E-state index contributed by atoms with van der Waals surface area (Å²) < 4.78 is 27.4. The van der Waals surface area contributed by atoms with Gasteiger partial charge in [-0.1, -0.05) is 12.1 Å². The topological polar surface area (TPSA) is 70.6 Å². The van der Waals surface area contributed by atoms with Crippen molar-refractivity contribution >= 4 is 43.0 Å². The number of carbonyl (C=O) groups excluding carboxylic acids is 1. The Morgan fingerprint density at radius 3 is 2.55 bits per heavy atom. The standard InChI is InChI=1S/C21H23N3O3S2/c1-23(2)29(26,27)15-9-10-18(24-11-5-6-12-24)16(13-15)19(25)14-21-22-17-7-3-4-8-20(17)28-21/h3-4,7-10,13H,5-6,11-12,14H2,1-2H3. The van der Waals surface area contributed by atoms with E-state index in [0.717, 1.165) is 46.8 Å². The molecule has 0 radical (unpaired) electrons. The number of fused-ring (bicyclic) bond motifs is 1. The second kappa shape index (κ2) is 7.85. The van der Waals surface area contributed by atoms with E-state index in [0.29, 0.717) is 5.56 Å². The van der Waals surface area contributed by atoms with E-state index >= 15 is 0 Å². The lowest BCUT2D eigenvalue weighted by molar-refractivity contribution is 0.0993. The van der Waals surface area contributed by atoms with E-state index in [1.54, 1.807) is 12.1 Å². The molecule has 0 amide bonds. The fraction of sp³-hybridized carbons (Fsp3) is 0.333. The number of para-hydroxylation sites is 1. The third kappa shape index (κ3) is 3.92. The Labute approximate surface area is 174 Å². The van der Waals surface area contributed by atoms with Crippen molar-refractivity contribution in [2.45, 2.75) is 24.2 Å². The number of ketones is 1. The van der Waals surface area contributed by atoms with E-state index in [9.17, 15) is 13.2 Å². The Morgan fingerprint density at radius 2 is 1.86 bits per heavy atom. The number of thiazole rings is 1. The summed E-state index contributed by atoms with van der Waals surface area (Å²) in [6.07, 6.45) is 2.30. The van der Waals surface area contributed by atoms with E-state index < -0.39 is 10.0 Å². The monoisotopic (exact) mass is 429 g/mol. The van der Waals surface area contributed by atoms with E-state index in [2.05, 4.69) is 9.88 Å². The average Bonchev–Trinajstić information content (AvgIpc) is 3.36. The number of hydrogen-bond acceptors (Lipinski definition) is 6. The second-order valence-corrected chi connectivity index (χ2v) is 10.6. The molecule has 1 aliphatic rings. The minimum absolute atomic E-state index is 0.109. The SMILES string of the molecule is CN(C)S(=O)(=O)c1ccc(N2CCCC2)c(C(=O)Cc2nc3ccccc3s2)c1. The van der Waals surface area contributed by atoms with Gasteiger partial charge in [0.2, 0.25) is 10.0 Å². The predicted octanol–water partition coefficient (Wildman–Crippen LogP) is 3.57. The molecule has 0 aliphatic carbocycles. The first-order valence-corrected chi connectivity index (χ1v) is 11.8. The van der Waals surface area contributed by atoms with Gasteiger partial charge in [-0.15, -0.1) is 11.3 Å². The number of anilines is 1. The summed E-state index contributed by atoms with van der Waals surface area (Å²) >= 11 is 1.50. The number of aromatic nitrogens is 1. The molecule has 0 spiro atoms. The average molecular weight is 430 g/mol. The molecule has 1 aromatic heterocycles. The normalized spacial score (nSPS) is 14.8. The first kappa shape index (κ1) is 20.0. The fourth-order valence-electron chi connectivity index (χ4n) is 3.57. The zero-order valence-corrected chi connectivity index (χ0v) is 18.1.